The van der Waals surface area contributed by atoms with E-state index < -0.39 is 12.0 Å². The molecule has 3 aliphatic heterocycles. The second-order valence-electron chi connectivity index (χ2n) is 7.68. The summed E-state index contributed by atoms with van der Waals surface area (Å²) in [5, 5.41) is 4.31. The lowest BCUT2D eigenvalue weighted by Crippen LogP contribution is -2.44. The predicted molar refractivity (Wildman–Crippen MR) is 105 cm³/mol. The van der Waals surface area contributed by atoms with E-state index in [4.69, 9.17) is 4.74 Å². The second-order valence-corrected chi connectivity index (χ2v) is 7.68. The molecule has 2 aromatic carbocycles. The van der Waals surface area contributed by atoms with Crippen molar-refractivity contribution in [3.63, 3.8) is 0 Å². The van der Waals surface area contributed by atoms with Crippen molar-refractivity contribution in [1.82, 2.24) is 10.0 Å². The summed E-state index contributed by atoms with van der Waals surface area (Å²) in [6, 6.07) is 14.8. The van der Waals surface area contributed by atoms with Gasteiger partial charge in [-0.25, -0.2) is 14.9 Å². The summed E-state index contributed by atoms with van der Waals surface area (Å²) < 4.78 is 5.59. The Kier molecular flexibility index (Phi) is 4.00. The quantitative estimate of drug-likeness (QED) is 0.770. The minimum Gasteiger partial charge on any atom is -0.496 e. The van der Waals surface area contributed by atoms with E-state index in [1.54, 1.807) is 7.11 Å². The maximum atomic E-state index is 13.5. The summed E-state index contributed by atoms with van der Waals surface area (Å²) >= 11 is 0. The normalized spacial score (nSPS) is 27.4. The van der Waals surface area contributed by atoms with Crippen LogP contribution in [0.4, 0.5) is 5.69 Å². The highest BCUT2D eigenvalue weighted by Gasteiger charge is 2.63. The van der Waals surface area contributed by atoms with Gasteiger partial charge in [0.25, 0.3) is 5.91 Å². The number of benzene rings is 2. The van der Waals surface area contributed by atoms with Crippen LogP contribution in [0.15, 0.2) is 48.5 Å². The number of hydrazine groups is 1. The maximum absolute atomic E-state index is 13.5. The Labute approximate surface area is 164 Å². The average molecular weight is 377 g/mol. The van der Waals surface area contributed by atoms with Crippen molar-refractivity contribution in [3.8, 4) is 5.75 Å². The van der Waals surface area contributed by atoms with E-state index in [0.717, 1.165) is 36.4 Å². The van der Waals surface area contributed by atoms with Crippen molar-refractivity contribution < 1.29 is 14.3 Å². The summed E-state index contributed by atoms with van der Waals surface area (Å²) in [7, 11) is 1.65. The monoisotopic (exact) mass is 377 g/mol. The Hall–Kier alpha value is -2.70. The van der Waals surface area contributed by atoms with Gasteiger partial charge >= 0.3 is 0 Å². The fraction of sp³-hybridized carbons (Fsp3) is 0.364. The SMILES string of the molecule is COc1ccccc1[C@H]1[C@@H]2C(=O)N(c3ccc(C)cc3)C(=O)[C@H]2N2CCCN12. The van der Waals surface area contributed by atoms with E-state index >= 15 is 0 Å². The maximum Gasteiger partial charge on any atom is 0.253 e. The highest BCUT2D eigenvalue weighted by atomic mass is 16.5. The first-order valence-corrected chi connectivity index (χ1v) is 9.72. The summed E-state index contributed by atoms with van der Waals surface area (Å²) in [5.41, 5.74) is 2.72. The summed E-state index contributed by atoms with van der Waals surface area (Å²) in [6.07, 6.45) is 0.987. The number of para-hydroxylation sites is 1. The van der Waals surface area contributed by atoms with Crippen LogP contribution in [0.1, 0.15) is 23.6 Å². The largest absolute Gasteiger partial charge is 0.496 e. The molecule has 0 aliphatic carbocycles. The van der Waals surface area contributed by atoms with E-state index in [1.807, 2.05) is 55.5 Å². The summed E-state index contributed by atoms with van der Waals surface area (Å²) in [4.78, 5) is 28.3. The van der Waals surface area contributed by atoms with Crippen LogP contribution in [0.5, 0.6) is 5.75 Å². The zero-order valence-corrected chi connectivity index (χ0v) is 16.0. The minimum absolute atomic E-state index is 0.121. The van der Waals surface area contributed by atoms with E-state index in [0.29, 0.717) is 5.69 Å². The van der Waals surface area contributed by atoms with Crippen LogP contribution in [-0.4, -0.2) is 48.1 Å². The molecule has 2 aromatic rings. The molecule has 3 aliphatic rings. The Morgan fingerprint density at radius 2 is 1.57 bits per heavy atom. The molecular weight excluding hydrogens is 354 g/mol. The zero-order chi connectivity index (χ0) is 19.4. The van der Waals surface area contributed by atoms with E-state index in [9.17, 15) is 9.59 Å². The first-order chi connectivity index (χ1) is 13.6. The number of anilines is 1. The van der Waals surface area contributed by atoms with Crippen LogP contribution in [0.25, 0.3) is 0 Å². The van der Waals surface area contributed by atoms with Crippen molar-refractivity contribution in [2.75, 3.05) is 25.1 Å². The first kappa shape index (κ1) is 17.4. The summed E-state index contributed by atoms with van der Waals surface area (Å²) in [6.45, 7) is 3.64. The van der Waals surface area contributed by atoms with Crippen LogP contribution >= 0.6 is 0 Å². The highest BCUT2D eigenvalue weighted by Crippen LogP contribution is 2.50. The molecule has 0 unspecified atom stereocenters. The van der Waals surface area contributed by atoms with Crippen LogP contribution in [-0.2, 0) is 9.59 Å². The second kappa shape index (κ2) is 6.43. The molecule has 3 heterocycles. The highest BCUT2D eigenvalue weighted by molar-refractivity contribution is 6.24. The molecule has 0 radical (unpaired) electrons. The molecule has 6 nitrogen and oxygen atoms in total. The Morgan fingerprint density at radius 1 is 0.893 bits per heavy atom. The molecule has 144 valence electrons. The number of hydrogen-bond donors (Lipinski definition) is 0. The van der Waals surface area contributed by atoms with Gasteiger partial charge < -0.3 is 4.74 Å². The van der Waals surface area contributed by atoms with Crippen molar-refractivity contribution in [2.45, 2.75) is 25.4 Å². The molecule has 0 spiro atoms. The number of ether oxygens (including phenoxy) is 1. The molecule has 3 atom stereocenters. The van der Waals surface area contributed by atoms with Gasteiger partial charge in [0.1, 0.15) is 11.8 Å². The zero-order valence-electron chi connectivity index (χ0n) is 16.0. The van der Waals surface area contributed by atoms with Crippen molar-refractivity contribution in [1.29, 1.82) is 0 Å². The molecular formula is C22H23N3O3. The molecule has 0 N–H and O–H groups in total. The van der Waals surface area contributed by atoms with Gasteiger partial charge in [0.05, 0.1) is 24.8 Å². The van der Waals surface area contributed by atoms with Gasteiger partial charge in [-0.1, -0.05) is 35.9 Å². The number of amides is 2. The number of rotatable bonds is 3. The standard InChI is InChI=1S/C22H23N3O3/c1-14-8-10-15(11-9-14)25-21(26)18-19(16-6-3-4-7-17(16)28-2)23-12-5-13-24(23)20(18)22(25)27/h3-4,6-11,18-20H,5,12-13H2,1-2H3/t18-,19-,20-/m0/s1. The first-order valence-electron chi connectivity index (χ1n) is 9.72. The number of nitrogens with zero attached hydrogens (tertiary/aromatic N) is 3. The molecule has 28 heavy (non-hydrogen) atoms. The van der Waals surface area contributed by atoms with Crippen molar-refractivity contribution >= 4 is 17.5 Å². The van der Waals surface area contributed by atoms with Crippen molar-refractivity contribution in [3.05, 3.63) is 59.7 Å². The number of imide groups is 1. The topological polar surface area (TPSA) is 53.1 Å². The number of methoxy groups -OCH3 is 1. The fourth-order valence-corrected chi connectivity index (χ4v) is 4.95. The molecule has 0 saturated carbocycles. The van der Waals surface area contributed by atoms with Gasteiger partial charge in [0, 0.05) is 18.7 Å². The molecule has 5 rings (SSSR count). The lowest BCUT2D eigenvalue weighted by molar-refractivity contribution is -0.126. The molecule has 2 amide bonds. The fourth-order valence-electron chi connectivity index (χ4n) is 4.95. The Morgan fingerprint density at radius 3 is 2.29 bits per heavy atom. The van der Waals surface area contributed by atoms with Crippen LogP contribution in [0, 0.1) is 12.8 Å². The van der Waals surface area contributed by atoms with Crippen LogP contribution in [0.3, 0.4) is 0 Å². The van der Waals surface area contributed by atoms with Gasteiger partial charge in [-0.2, -0.15) is 0 Å². The lowest BCUT2D eigenvalue weighted by atomic mass is 9.89. The van der Waals surface area contributed by atoms with E-state index in [2.05, 4.69) is 10.0 Å². The third kappa shape index (κ3) is 2.34. The molecule has 3 saturated heterocycles. The molecule has 0 bridgehead atoms. The number of carbonyl (C=O) groups excluding carboxylic acids is 2. The van der Waals surface area contributed by atoms with Crippen LogP contribution in [0.2, 0.25) is 0 Å². The predicted octanol–water partition coefficient (Wildman–Crippen LogP) is 2.54. The van der Waals surface area contributed by atoms with Crippen LogP contribution < -0.4 is 9.64 Å². The van der Waals surface area contributed by atoms with E-state index in [1.165, 1.54) is 4.90 Å². The third-order valence-corrected chi connectivity index (χ3v) is 6.16. The Balaban J connectivity index is 1.60. The number of hydrogen-bond acceptors (Lipinski definition) is 5. The summed E-state index contributed by atoms with van der Waals surface area (Å²) in [5.74, 6) is 0.0896. The number of carbonyl (C=O) groups is 2. The smallest absolute Gasteiger partial charge is 0.253 e. The lowest BCUT2D eigenvalue weighted by Gasteiger charge is -2.30. The van der Waals surface area contributed by atoms with Gasteiger partial charge in [0.2, 0.25) is 5.91 Å². The van der Waals surface area contributed by atoms with Gasteiger partial charge in [-0.3, -0.25) is 9.59 Å². The van der Waals surface area contributed by atoms with E-state index in [-0.39, 0.29) is 17.9 Å². The van der Waals surface area contributed by atoms with Crippen molar-refractivity contribution in [2.24, 2.45) is 5.92 Å². The number of aryl methyl sites for hydroxylation is 1. The van der Waals surface area contributed by atoms with Gasteiger partial charge in [0.15, 0.2) is 0 Å². The molecule has 3 fully saturated rings. The third-order valence-electron chi connectivity index (χ3n) is 6.16. The molecule has 6 heteroatoms. The minimum atomic E-state index is -0.439. The molecule has 0 aromatic heterocycles. The number of fused-ring (bicyclic) bond motifs is 3. The Bertz CT molecular complexity index is 942. The average Bonchev–Trinajstić information content (AvgIpc) is 3.35. The van der Waals surface area contributed by atoms with Gasteiger partial charge in [-0.05, 0) is 31.5 Å². The van der Waals surface area contributed by atoms with Gasteiger partial charge in [-0.15, -0.1) is 0 Å².